The molecule has 92 valence electrons. The number of hydrogen-bond acceptors (Lipinski definition) is 4. The van der Waals surface area contributed by atoms with Gasteiger partial charge in [0.2, 0.25) is 6.41 Å². The van der Waals surface area contributed by atoms with Gasteiger partial charge in [0.15, 0.2) is 0 Å². The molecule has 0 saturated heterocycles. The molecule has 0 radical (unpaired) electrons. The largest absolute Gasteiger partial charge is 0.508 e. The third-order valence-corrected chi connectivity index (χ3v) is 3.28. The van der Waals surface area contributed by atoms with E-state index in [2.05, 4.69) is 5.32 Å². The quantitative estimate of drug-likeness (QED) is 0.739. The van der Waals surface area contributed by atoms with Gasteiger partial charge in [-0.1, -0.05) is 12.1 Å². The van der Waals surface area contributed by atoms with Gasteiger partial charge in [-0.25, -0.2) is 4.79 Å². The predicted octanol–water partition coefficient (Wildman–Crippen LogP) is 2.39. The zero-order valence-electron chi connectivity index (χ0n) is 9.08. The number of carboxylic acid groups (broad SMARTS) is 1. The van der Waals surface area contributed by atoms with Crippen LogP contribution < -0.4 is 5.32 Å². The molecule has 1 heterocycles. The summed E-state index contributed by atoms with van der Waals surface area (Å²) in [5.41, 5.74) is 1.19. The Morgan fingerprint density at radius 1 is 1.28 bits per heavy atom. The number of amides is 1. The summed E-state index contributed by atoms with van der Waals surface area (Å²) in [6, 6.07) is 6.12. The number of carbonyl (C=O) groups excluding carboxylic acids is 1. The smallest absolute Gasteiger partial charge is 0.337 e. The molecule has 0 aliphatic rings. The molecule has 0 unspecified atom stereocenters. The lowest BCUT2D eigenvalue weighted by Crippen LogP contribution is -1.99. The van der Waals surface area contributed by atoms with E-state index >= 15 is 0 Å². The van der Waals surface area contributed by atoms with Gasteiger partial charge in [-0.15, -0.1) is 11.3 Å². The van der Waals surface area contributed by atoms with Crippen LogP contribution >= 0.6 is 11.3 Å². The maximum absolute atomic E-state index is 11.1. The van der Waals surface area contributed by atoms with Crippen molar-refractivity contribution in [1.29, 1.82) is 0 Å². The van der Waals surface area contributed by atoms with Crippen molar-refractivity contribution >= 4 is 28.7 Å². The molecule has 18 heavy (non-hydrogen) atoms. The Hall–Kier alpha value is -2.34. The molecule has 3 N–H and O–H groups in total. The van der Waals surface area contributed by atoms with E-state index in [-0.39, 0.29) is 11.3 Å². The second kappa shape index (κ2) is 4.89. The normalized spacial score (nSPS) is 10.0. The van der Waals surface area contributed by atoms with Crippen LogP contribution in [0, 0.1) is 0 Å². The summed E-state index contributed by atoms with van der Waals surface area (Å²) in [5.74, 6) is -0.968. The maximum atomic E-state index is 11.1. The number of anilines is 1. The van der Waals surface area contributed by atoms with Crippen molar-refractivity contribution in [3.63, 3.8) is 0 Å². The highest BCUT2D eigenvalue weighted by Gasteiger charge is 2.18. The van der Waals surface area contributed by atoms with E-state index in [0.717, 1.165) is 11.3 Å². The van der Waals surface area contributed by atoms with Crippen molar-refractivity contribution in [2.45, 2.75) is 0 Å². The molecule has 0 aliphatic carbocycles. The number of rotatable bonds is 4. The molecule has 2 aromatic rings. The highest BCUT2D eigenvalue weighted by molar-refractivity contribution is 7.15. The van der Waals surface area contributed by atoms with Crippen molar-refractivity contribution in [1.82, 2.24) is 0 Å². The van der Waals surface area contributed by atoms with Crippen LogP contribution in [0.1, 0.15) is 10.4 Å². The van der Waals surface area contributed by atoms with Crippen LogP contribution in [0.15, 0.2) is 29.6 Å². The van der Waals surface area contributed by atoms with Gasteiger partial charge < -0.3 is 15.5 Å². The molecule has 0 spiro atoms. The fourth-order valence-corrected chi connectivity index (χ4v) is 2.51. The van der Waals surface area contributed by atoms with E-state index in [1.165, 1.54) is 17.5 Å². The third kappa shape index (κ3) is 2.18. The number of aromatic carboxylic acids is 1. The number of nitrogens with one attached hydrogen (secondary N) is 1. The first-order chi connectivity index (χ1) is 8.63. The van der Waals surface area contributed by atoms with Crippen LogP contribution in [-0.4, -0.2) is 22.6 Å². The Labute approximate surface area is 106 Å². The maximum Gasteiger partial charge on any atom is 0.337 e. The Morgan fingerprint density at radius 3 is 2.50 bits per heavy atom. The fourth-order valence-electron chi connectivity index (χ4n) is 1.59. The Bertz CT molecular complexity index is 589. The van der Waals surface area contributed by atoms with Gasteiger partial charge in [0.25, 0.3) is 0 Å². The molecule has 0 atom stereocenters. The highest BCUT2D eigenvalue weighted by Crippen LogP contribution is 2.37. The van der Waals surface area contributed by atoms with Gasteiger partial charge in [0, 0.05) is 10.9 Å². The van der Waals surface area contributed by atoms with E-state index in [9.17, 15) is 14.7 Å². The molecular formula is C12H9NO4S. The van der Waals surface area contributed by atoms with Gasteiger partial charge in [0.1, 0.15) is 10.8 Å². The monoisotopic (exact) mass is 263 g/mol. The van der Waals surface area contributed by atoms with Crippen LogP contribution in [0.4, 0.5) is 5.00 Å². The summed E-state index contributed by atoms with van der Waals surface area (Å²) in [4.78, 5) is 21.6. The van der Waals surface area contributed by atoms with Crippen LogP contribution in [0.3, 0.4) is 0 Å². The van der Waals surface area contributed by atoms with Gasteiger partial charge >= 0.3 is 5.97 Å². The molecule has 1 aromatic heterocycles. The summed E-state index contributed by atoms with van der Waals surface area (Å²) in [6.07, 6.45) is 0.501. The number of phenols is 1. The Morgan fingerprint density at radius 2 is 1.94 bits per heavy atom. The molecule has 1 aromatic carbocycles. The van der Waals surface area contributed by atoms with Crippen molar-refractivity contribution < 1.29 is 19.8 Å². The lowest BCUT2D eigenvalue weighted by atomic mass is 10.0. The predicted molar refractivity (Wildman–Crippen MR) is 68.1 cm³/mol. The lowest BCUT2D eigenvalue weighted by Gasteiger charge is -2.05. The second-order valence-electron chi connectivity index (χ2n) is 3.47. The highest BCUT2D eigenvalue weighted by atomic mass is 32.1. The summed E-state index contributed by atoms with van der Waals surface area (Å²) in [6.45, 7) is 0. The molecule has 0 aliphatic heterocycles. The Balaban J connectivity index is 2.58. The van der Waals surface area contributed by atoms with E-state index < -0.39 is 5.97 Å². The van der Waals surface area contributed by atoms with Crippen LogP contribution in [-0.2, 0) is 4.79 Å². The summed E-state index contributed by atoms with van der Waals surface area (Å²) in [5, 5.41) is 22.7. The molecule has 6 heteroatoms. The average Bonchev–Trinajstić information content (AvgIpc) is 2.75. The van der Waals surface area contributed by atoms with E-state index in [4.69, 9.17) is 5.11 Å². The first kappa shape index (κ1) is 12.1. The third-order valence-electron chi connectivity index (χ3n) is 2.37. The number of aromatic hydroxyl groups is 1. The number of benzene rings is 1. The Kier molecular flexibility index (Phi) is 3.29. The number of phenolic OH excluding ortho intramolecular Hbond substituents is 1. The zero-order valence-corrected chi connectivity index (χ0v) is 9.90. The van der Waals surface area contributed by atoms with Crippen LogP contribution in [0.5, 0.6) is 5.75 Å². The van der Waals surface area contributed by atoms with Crippen molar-refractivity contribution in [2.75, 3.05) is 5.32 Å². The number of carboxylic acids is 1. The molecular weight excluding hydrogens is 254 g/mol. The first-order valence-corrected chi connectivity index (χ1v) is 5.86. The van der Waals surface area contributed by atoms with E-state index in [1.807, 2.05) is 0 Å². The molecule has 1 amide bonds. The van der Waals surface area contributed by atoms with Crippen molar-refractivity contribution in [3.05, 3.63) is 35.2 Å². The minimum absolute atomic E-state index is 0.0933. The lowest BCUT2D eigenvalue weighted by molar-refractivity contribution is -0.105. The minimum atomic E-state index is -1.06. The topological polar surface area (TPSA) is 86.6 Å². The summed E-state index contributed by atoms with van der Waals surface area (Å²) < 4.78 is 0. The standard InChI is InChI=1S/C12H9NO4S/c14-6-13-11-10(9(5-18-11)12(16)17)7-1-3-8(15)4-2-7/h1-6,15H,(H,13,14)(H,16,17). The molecule has 5 nitrogen and oxygen atoms in total. The van der Waals surface area contributed by atoms with Gasteiger partial charge in [-0.05, 0) is 17.7 Å². The second-order valence-corrected chi connectivity index (χ2v) is 4.35. The number of carbonyl (C=O) groups is 2. The van der Waals surface area contributed by atoms with Crippen LogP contribution in [0.25, 0.3) is 11.1 Å². The number of hydrogen-bond donors (Lipinski definition) is 3. The van der Waals surface area contributed by atoms with Gasteiger partial charge in [-0.3, -0.25) is 4.79 Å². The van der Waals surface area contributed by atoms with Crippen molar-refractivity contribution in [2.24, 2.45) is 0 Å². The SMILES string of the molecule is O=CNc1scc(C(=O)O)c1-c1ccc(O)cc1. The van der Waals surface area contributed by atoms with Gasteiger partial charge in [-0.2, -0.15) is 0 Å². The molecule has 0 saturated carbocycles. The summed E-state index contributed by atoms with van der Waals surface area (Å²) >= 11 is 1.14. The van der Waals surface area contributed by atoms with Crippen LogP contribution in [0.2, 0.25) is 0 Å². The fraction of sp³-hybridized carbons (Fsp3) is 0. The molecule has 2 rings (SSSR count). The zero-order chi connectivity index (χ0) is 13.1. The van der Waals surface area contributed by atoms with E-state index in [1.54, 1.807) is 12.1 Å². The molecule has 0 fully saturated rings. The van der Waals surface area contributed by atoms with Crippen molar-refractivity contribution in [3.8, 4) is 16.9 Å². The van der Waals surface area contributed by atoms with E-state index in [0.29, 0.717) is 22.5 Å². The summed E-state index contributed by atoms with van der Waals surface area (Å²) in [7, 11) is 0. The average molecular weight is 263 g/mol. The number of thiophene rings is 1. The van der Waals surface area contributed by atoms with Gasteiger partial charge in [0.05, 0.1) is 5.56 Å². The molecule has 0 bridgehead atoms. The minimum Gasteiger partial charge on any atom is -0.508 e. The first-order valence-electron chi connectivity index (χ1n) is 4.98.